The number of rotatable bonds is 4. The number of hydrogen-bond donors (Lipinski definition) is 2. The lowest BCUT2D eigenvalue weighted by atomic mass is 9.73. The van der Waals surface area contributed by atoms with Crippen molar-refractivity contribution in [3.63, 3.8) is 0 Å². The lowest BCUT2D eigenvalue weighted by molar-refractivity contribution is -0.128. The third kappa shape index (κ3) is 3.44. The van der Waals surface area contributed by atoms with E-state index in [1.807, 2.05) is 10.7 Å². The van der Waals surface area contributed by atoms with Crippen LogP contribution in [0.25, 0.3) is 10.9 Å². The highest BCUT2D eigenvalue weighted by molar-refractivity contribution is 6.31. The van der Waals surface area contributed by atoms with Gasteiger partial charge in [0, 0.05) is 45.9 Å². The minimum absolute atomic E-state index is 0.00247. The number of halogens is 3. The van der Waals surface area contributed by atoms with Crippen LogP contribution >= 0.6 is 23.2 Å². The van der Waals surface area contributed by atoms with E-state index in [0.29, 0.717) is 40.7 Å². The summed E-state index contributed by atoms with van der Waals surface area (Å²) in [6.45, 7) is 0.703. The number of carboxylic acid groups (broad SMARTS) is 1. The Morgan fingerprint density at radius 3 is 2.73 bits per heavy atom. The molecule has 1 saturated carbocycles. The fourth-order valence-corrected chi connectivity index (χ4v) is 8.06. The van der Waals surface area contributed by atoms with E-state index >= 15 is 4.39 Å². The van der Waals surface area contributed by atoms with E-state index in [0.717, 1.165) is 35.9 Å². The number of aryl methyl sites for hydroxylation is 1. The molecule has 41 heavy (non-hydrogen) atoms. The molecule has 1 amide bonds. The molecular weight excluding hydrogens is 566 g/mol. The molecule has 0 bridgehead atoms. The first-order chi connectivity index (χ1) is 19.8. The van der Waals surface area contributed by atoms with E-state index in [1.54, 1.807) is 42.5 Å². The van der Waals surface area contributed by atoms with Gasteiger partial charge in [0.1, 0.15) is 11.4 Å². The van der Waals surface area contributed by atoms with E-state index in [-0.39, 0.29) is 22.5 Å². The number of fused-ring (bicyclic) bond motifs is 7. The van der Waals surface area contributed by atoms with Crippen LogP contribution in [0.2, 0.25) is 10.0 Å². The van der Waals surface area contributed by atoms with E-state index in [9.17, 15) is 14.7 Å². The number of nitrogens with one attached hydrogen (secondary N) is 1. The van der Waals surface area contributed by atoms with Crippen molar-refractivity contribution in [3.8, 4) is 0 Å². The monoisotopic (exact) mass is 590 g/mol. The standard InChI is InChI=1S/C31H25Cl2FN4O3/c32-17-7-9-20-23(13-17)35-30(41)31(20)26(19-2-1-3-21(33)27(19)34)28-25(37(31)14-15-4-5-15)11-10-24-18-8-6-16(29(39)40)12-22(18)36-38(24)28/h1-3,6-9,12-13,15,25-26,28H,4-5,10-11,14H2,(H,35,41)(H,39,40)/t25-,26-,28+,31+/m1/s1. The van der Waals surface area contributed by atoms with Crippen LogP contribution in [0, 0.1) is 11.7 Å². The van der Waals surface area contributed by atoms with Crippen LogP contribution in [-0.2, 0) is 16.8 Å². The second kappa shape index (κ2) is 8.77. The van der Waals surface area contributed by atoms with E-state index in [2.05, 4.69) is 10.2 Å². The van der Waals surface area contributed by atoms with Crippen molar-refractivity contribution in [3.05, 3.63) is 92.8 Å². The summed E-state index contributed by atoms with van der Waals surface area (Å²) in [4.78, 5) is 28.5. The van der Waals surface area contributed by atoms with Crippen LogP contribution in [0.5, 0.6) is 0 Å². The highest BCUT2D eigenvalue weighted by Crippen LogP contribution is 2.63. The van der Waals surface area contributed by atoms with Crippen molar-refractivity contribution in [2.45, 2.75) is 49.2 Å². The quantitative estimate of drug-likeness (QED) is 0.287. The number of nitrogens with zero attached hydrogens (tertiary/aromatic N) is 3. The molecule has 1 aliphatic carbocycles. The van der Waals surface area contributed by atoms with Crippen LogP contribution in [0.4, 0.5) is 10.1 Å². The van der Waals surface area contributed by atoms with E-state index in [1.165, 1.54) is 6.07 Å². The molecule has 1 spiro atoms. The topological polar surface area (TPSA) is 87.5 Å². The van der Waals surface area contributed by atoms with Gasteiger partial charge >= 0.3 is 5.97 Å². The van der Waals surface area contributed by atoms with Crippen molar-refractivity contribution in [1.82, 2.24) is 14.7 Å². The Labute approximate surface area is 244 Å². The number of benzene rings is 3. The van der Waals surface area contributed by atoms with Crippen molar-refractivity contribution < 1.29 is 19.1 Å². The number of likely N-dealkylation sites (tertiary alicyclic amines) is 1. The Bertz CT molecular complexity index is 1800. The summed E-state index contributed by atoms with van der Waals surface area (Å²) in [7, 11) is 0. The van der Waals surface area contributed by atoms with Gasteiger partial charge < -0.3 is 10.4 Å². The first-order valence-corrected chi connectivity index (χ1v) is 14.6. The predicted molar refractivity (Wildman–Crippen MR) is 153 cm³/mol. The molecule has 8 rings (SSSR count). The van der Waals surface area contributed by atoms with E-state index < -0.39 is 29.3 Å². The van der Waals surface area contributed by atoms with Crippen LogP contribution in [0.3, 0.4) is 0 Å². The summed E-state index contributed by atoms with van der Waals surface area (Å²) in [5, 5.41) is 19.0. The third-order valence-corrected chi connectivity index (χ3v) is 10.0. The largest absolute Gasteiger partial charge is 0.478 e. The molecule has 3 aliphatic heterocycles. The summed E-state index contributed by atoms with van der Waals surface area (Å²) in [6, 6.07) is 14.9. The number of aromatic nitrogens is 2. The normalized spacial score (nSPS) is 26.7. The molecule has 0 unspecified atom stereocenters. The molecule has 7 nitrogen and oxygen atoms in total. The molecule has 2 N–H and O–H groups in total. The van der Waals surface area contributed by atoms with Gasteiger partial charge in [-0.25, -0.2) is 9.18 Å². The van der Waals surface area contributed by atoms with Crippen molar-refractivity contribution in [2.24, 2.45) is 5.92 Å². The summed E-state index contributed by atoms with van der Waals surface area (Å²) >= 11 is 12.7. The van der Waals surface area contributed by atoms with Crippen molar-refractivity contribution in [2.75, 3.05) is 11.9 Å². The second-order valence-electron chi connectivity index (χ2n) is 11.7. The number of carboxylic acids is 1. The van der Waals surface area contributed by atoms with Gasteiger partial charge in [-0.1, -0.05) is 47.5 Å². The first kappa shape index (κ1) is 25.3. The first-order valence-electron chi connectivity index (χ1n) is 13.9. The smallest absolute Gasteiger partial charge is 0.335 e. The Hall–Kier alpha value is -3.46. The molecule has 4 heterocycles. The van der Waals surface area contributed by atoms with Crippen LogP contribution in [0.1, 0.15) is 58.4 Å². The molecule has 1 saturated heterocycles. The minimum Gasteiger partial charge on any atom is -0.478 e. The fourth-order valence-electron chi connectivity index (χ4n) is 7.71. The molecule has 10 heteroatoms. The lowest BCUT2D eigenvalue weighted by Gasteiger charge is -2.39. The van der Waals surface area contributed by atoms with Crippen molar-refractivity contribution >= 4 is 51.7 Å². The molecule has 4 aromatic rings. The van der Waals surface area contributed by atoms with Crippen LogP contribution in [-0.4, -0.2) is 44.3 Å². The summed E-state index contributed by atoms with van der Waals surface area (Å²) in [6.07, 6.45) is 3.62. The highest BCUT2D eigenvalue weighted by Gasteiger charge is 2.69. The van der Waals surface area contributed by atoms with Gasteiger partial charge in [-0.05, 0) is 67.5 Å². The average molecular weight is 591 g/mol. The Morgan fingerprint density at radius 2 is 1.95 bits per heavy atom. The SMILES string of the molecule is O=C(O)c1ccc2c3n(nc2c1)[C@H]1[C@@H](CC3)N(CC2CC2)[C@]2(C(=O)Nc3cc(Cl)ccc32)[C@@H]1c1cccc(Cl)c1F. The van der Waals surface area contributed by atoms with Gasteiger partial charge in [0.2, 0.25) is 5.91 Å². The van der Waals surface area contributed by atoms with Gasteiger partial charge in [-0.15, -0.1) is 0 Å². The molecule has 0 radical (unpaired) electrons. The highest BCUT2D eigenvalue weighted by atomic mass is 35.5. The Balaban J connectivity index is 1.43. The molecule has 2 fully saturated rings. The maximum absolute atomic E-state index is 16.1. The summed E-state index contributed by atoms with van der Waals surface area (Å²) in [5.41, 5.74) is 2.25. The lowest BCUT2D eigenvalue weighted by Crippen LogP contribution is -2.52. The number of carbonyl (C=O) groups is 2. The van der Waals surface area contributed by atoms with Gasteiger partial charge in [0.05, 0.1) is 22.1 Å². The number of aromatic carboxylic acids is 1. The number of carbonyl (C=O) groups excluding carboxylic acids is 1. The molecule has 1 aromatic heterocycles. The zero-order chi connectivity index (χ0) is 28.2. The molecule has 4 aliphatic rings. The molecular formula is C31H25Cl2FN4O3. The minimum atomic E-state index is -1.21. The Morgan fingerprint density at radius 1 is 1.12 bits per heavy atom. The van der Waals surface area contributed by atoms with Gasteiger partial charge in [0.25, 0.3) is 0 Å². The second-order valence-corrected chi connectivity index (χ2v) is 12.5. The van der Waals surface area contributed by atoms with Gasteiger partial charge in [0.15, 0.2) is 0 Å². The van der Waals surface area contributed by atoms with Gasteiger partial charge in [-0.2, -0.15) is 5.10 Å². The number of hydrogen-bond acceptors (Lipinski definition) is 4. The summed E-state index contributed by atoms with van der Waals surface area (Å²) in [5.74, 6) is -1.99. The van der Waals surface area contributed by atoms with Crippen molar-refractivity contribution in [1.29, 1.82) is 0 Å². The van der Waals surface area contributed by atoms with Gasteiger partial charge in [-0.3, -0.25) is 14.4 Å². The number of amides is 1. The summed E-state index contributed by atoms with van der Waals surface area (Å²) < 4.78 is 18.1. The average Bonchev–Trinajstić information content (AvgIpc) is 3.53. The predicted octanol–water partition coefficient (Wildman–Crippen LogP) is 6.39. The maximum atomic E-state index is 16.1. The third-order valence-electron chi connectivity index (χ3n) is 9.50. The Kier molecular flexibility index (Phi) is 5.40. The zero-order valence-corrected chi connectivity index (χ0v) is 23.3. The molecule has 4 atom stereocenters. The molecule has 208 valence electrons. The van der Waals surface area contributed by atoms with E-state index in [4.69, 9.17) is 28.3 Å². The zero-order valence-electron chi connectivity index (χ0n) is 21.8. The number of anilines is 1. The van der Waals surface area contributed by atoms with Crippen LogP contribution in [0.15, 0.2) is 54.6 Å². The molecule has 3 aromatic carbocycles. The van der Waals surface area contributed by atoms with Crippen LogP contribution < -0.4 is 5.32 Å². The fraction of sp³-hybridized carbons (Fsp3) is 0.323. The maximum Gasteiger partial charge on any atom is 0.335 e.